The van der Waals surface area contributed by atoms with Gasteiger partial charge < -0.3 is 10.2 Å². The lowest BCUT2D eigenvalue weighted by molar-refractivity contribution is 0.0934. The first-order chi connectivity index (χ1) is 13.1. The van der Waals surface area contributed by atoms with Gasteiger partial charge in [-0.25, -0.2) is 8.42 Å². The van der Waals surface area contributed by atoms with Crippen molar-refractivity contribution in [3.05, 3.63) is 59.7 Å². The predicted molar refractivity (Wildman–Crippen MR) is 113 cm³/mol. The predicted octanol–water partition coefficient (Wildman–Crippen LogP) is 3.11. The van der Waals surface area contributed by atoms with Crippen LogP contribution in [-0.4, -0.2) is 45.9 Å². The van der Waals surface area contributed by atoms with Crippen LogP contribution in [0.1, 0.15) is 29.8 Å². The van der Waals surface area contributed by atoms with E-state index < -0.39 is 10.0 Å². The van der Waals surface area contributed by atoms with E-state index in [0.29, 0.717) is 23.7 Å². The van der Waals surface area contributed by atoms with E-state index in [0.717, 1.165) is 5.56 Å². The van der Waals surface area contributed by atoms with Gasteiger partial charge in [-0.2, -0.15) is 0 Å². The van der Waals surface area contributed by atoms with Crippen LogP contribution >= 0.6 is 0 Å². The van der Waals surface area contributed by atoms with Crippen molar-refractivity contribution < 1.29 is 13.2 Å². The number of carbonyl (C=O) groups excluding carboxylic acids is 1. The highest BCUT2D eigenvalue weighted by Crippen LogP contribution is 2.19. The molecule has 2 rings (SSSR count). The van der Waals surface area contributed by atoms with Crippen molar-refractivity contribution in [2.24, 2.45) is 5.92 Å². The molecule has 0 bridgehead atoms. The maximum absolute atomic E-state index is 12.6. The second-order valence-corrected chi connectivity index (χ2v) is 9.11. The van der Waals surface area contributed by atoms with Gasteiger partial charge in [0.15, 0.2) is 0 Å². The summed E-state index contributed by atoms with van der Waals surface area (Å²) in [5.41, 5.74) is 1.80. The van der Waals surface area contributed by atoms with E-state index in [1.165, 1.54) is 24.3 Å². The largest absolute Gasteiger partial charge is 0.350 e. The number of amides is 1. The van der Waals surface area contributed by atoms with Crippen LogP contribution in [0.25, 0.3) is 0 Å². The van der Waals surface area contributed by atoms with Gasteiger partial charge in [-0.05, 0) is 62.8 Å². The number of nitrogens with zero attached hydrogens (tertiary/aromatic N) is 1. The molecular weight excluding hydrogens is 374 g/mol. The van der Waals surface area contributed by atoms with Crippen molar-refractivity contribution in [2.45, 2.75) is 31.7 Å². The zero-order valence-electron chi connectivity index (χ0n) is 17.1. The van der Waals surface area contributed by atoms with Crippen LogP contribution < -0.4 is 10.0 Å². The first-order valence-corrected chi connectivity index (χ1v) is 10.7. The third-order valence-corrected chi connectivity index (χ3v) is 6.10. The summed E-state index contributed by atoms with van der Waals surface area (Å²) in [6.07, 6.45) is 0. The number of nitrogens with one attached hydrogen (secondary N) is 2. The Morgan fingerprint density at radius 2 is 1.64 bits per heavy atom. The van der Waals surface area contributed by atoms with E-state index in [2.05, 4.69) is 28.8 Å². The number of anilines is 1. The van der Waals surface area contributed by atoms with Crippen molar-refractivity contribution in [3.63, 3.8) is 0 Å². The molecule has 1 amide bonds. The van der Waals surface area contributed by atoms with E-state index >= 15 is 0 Å². The number of rotatable bonds is 8. The van der Waals surface area contributed by atoms with E-state index in [-0.39, 0.29) is 16.8 Å². The molecule has 0 aliphatic rings. The molecule has 28 heavy (non-hydrogen) atoms. The number of likely N-dealkylation sites (N-methyl/N-ethyl adjacent to an activating group) is 1. The Balaban J connectivity index is 2.08. The molecule has 0 fully saturated rings. The Labute approximate surface area is 168 Å². The van der Waals surface area contributed by atoms with Crippen LogP contribution in [0.15, 0.2) is 53.4 Å². The third-order valence-electron chi connectivity index (χ3n) is 4.72. The van der Waals surface area contributed by atoms with E-state index in [4.69, 9.17) is 0 Å². The smallest absolute Gasteiger partial charge is 0.261 e. The molecule has 152 valence electrons. The van der Waals surface area contributed by atoms with Crippen molar-refractivity contribution in [1.29, 1.82) is 0 Å². The van der Waals surface area contributed by atoms with Gasteiger partial charge in [0, 0.05) is 18.2 Å². The summed E-state index contributed by atoms with van der Waals surface area (Å²) in [6, 6.07) is 13.3. The first kappa shape index (κ1) is 21.9. The maximum Gasteiger partial charge on any atom is 0.261 e. The van der Waals surface area contributed by atoms with Gasteiger partial charge in [-0.1, -0.05) is 32.0 Å². The average molecular weight is 404 g/mol. The summed E-state index contributed by atoms with van der Waals surface area (Å²) >= 11 is 0. The minimum Gasteiger partial charge on any atom is -0.350 e. The van der Waals surface area contributed by atoms with Gasteiger partial charge in [-0.15, -0.1) is 0 Å². The lowest BCUT2D eigenvalue weighted by Crippen LogP contribution is -2.43. The van der Waals surface area contributed by atoms with Crippen molar-refractivity contribution in [3.8, 4) is 0 Å². The van der Waals surface area contributed by atoms with E-state index in [1.54, 1.807) is 12.1 Å². The molecule has 0 spiro atoms. The van der Waals surface area contributed by atoms with Crippen LogP contribution in [0.4, 0.5) is 5.69 Å². The van der Waals surface area contributed by atoms with Gasteiger partial charge in [0.25, 0.3) is 15.9 Å². The minimum atomic E-state index is -3.71. The number of benzene rings is 2. The molecule has 0 saturated carbocycles. The molecule has 1 atom stereocenters. The van der Waals surface area contributed by atoms with Crippen LogP contribution in [-0.2, 0) is 10.0 Å². The van der Waals surface area contributed by atoms with Crippen LogP contribution in [0.2, 0.25) is 0 Å². The van der Waals surface area contributed by atoms with Crippen LogP contribution in [0.5, 0.6) is 0 Å². The Morgan fingerprint density at radius 1 is 1.04 bits per heavy atom. The normalized spacial score (nSPS) is 12.8. The zero-order chi connectivity index (χ0) is 20.9. The second-order valence-electron chi connectivity index (χ2n) is 7.43. The number of para-hydroxylation sites is 1. The lowest BCUT2D eigenvalue weighted by Gasteiger charge is -2.28. The van der Waals surface area contributed by atoms with Crippen LogP contribution in [0.3, 0.4) is 0 Å². The van der Waals surface area contributed by atoms with E-state index in [9.17, 15) is 13.2 Å². The third kappa shape index (κ3) is 5.56. The van der Waals surface area contributed by atoms with Crippen molar-refractivity contribution in [1.82, 2.24) is 10.2 Å². The number of hydrogen-bond donors (Lipinski definition) is 2. The summed E-state index contributed by atoms with van der Waals surface area (Å²) in [7, 11) is 0.253. The highest BCUT2D eigenvalue weighted by Gasteiger charge is 2.18. The molecule has 0 radical (unpaired) electrons. The monoisotopic (exact) mass is 403 g/mol. The molecule has 6 nitrogen and oxygen atoms in total. The molecule has 2 aromatic carbocycles. The molecule has 0 saturated heterocycles. The summed E-state index contributed by atoms with van der Waals surface area (Å²) in [5, 5.41) is 2.92. The molecular formula is C21H29N3O3S. The molecule has 0 aromatic heterocycles. The number of carbonyl (C=O) groups is 1. The number of sulfonamides is 1. The van der Waals surface area contributed by atoms with Gasteiger partial charge >= 0.3 is 0 Å². The molecule has 2 N–H and O–H groups in total. The zero-order valence-corrected chi connectivity index (χ0v) is 17.9. The summed E-state index contributed by atoms with van der Waals surface area (Å²) < 4.78 is 27.7. The molecule has 0 aliphatic heterocycles. The van der Waals surface area contributed by atoms with Crippen molar-refractivity contribution >= 4 is 21.6 Å². The number of aryl methyl sites for hydroxylation is 1. The summed E-state index contributed by atoms with van der Waals surface area (Å²) in [4.78, 5) is 14.6. The minimum absolute atomic E-state index is 0.112. The van der Waals surface area contributed by atoms with Crippen molar-refractivity contribution in [2.75, 3.05) is 25.4 Å². The summed E-state index contributed by atoms with van der Waals surface area (Å²) in [6.45, 7) is 6.58. The molecule has 0 aliphatic carbocycles. The SMILES string of the molecule is Cc1ccccc1NS(=O)(=O)c1ccc(C(=O)NCC(C(C)C)N(C)C)cc1. The van der Waals surface area contributed by atoms with Gasteiger partial charge in [0.2, 0.25) is 0 Å². The average Bonchev–Trinajstić information content (AvgIpc) is 2.63. The van der Waals surface area contributed by atoms with Gasteiger partial charge in [-0.3, -0.25) is 9.52 Å². The van der Waals surface area contributed by atoms with Gasteiger partial charge in [0.1, 0.15) is 0 Å². The van der Waals surface area contributed by atoms with E-state index in [1.807, 2.05) is 33.2 Å². The molecule has 0 heterocycles. The topological polar surface area (TPSA) is 78.5 Å². The second kappa shape index (κ2) is 9.21. The lowest BCUT2D eigenvalue weighted by atomic mass is 10.0. The fraction of sp³-hybridized carbons (Fsp3) is 0.381. The molecule has 2 aromatic rings. The highest BCUT2D eigenvalue weighted by molar-refractivity contribution is 7.92. The standard InChI is InChI=1S/C21H29N3O3S/c1-15(2)20(24(4)5)14-22-21(25)17-10-12-18(13-11-17)28(26,27)23-19-9-7-6-8-16(19)3/h6-13,15,20,23H,14H2,1-5H3,(H,22,25). The Hall–Kier alpha value is -2.38. The Kier molecular flexibility index (Phi) is 7.21. The van der Waals surface area contributed by atoms with Crippen LogP contribution in [0, 0.1) is 12.8 Å². The fourth-order valence-corrected chi connectivity index (χ4v) is 4.12. The Bertz CT molecular complexity index is 899. The maximum atomic E-state index is 12.6. The summed E-state index contributed by atoms with van der Waals surface area (Å²) in [5.74, 6) is 0.179. The highest BCUT2D eigenvalue weighted by atomic mass is 32.2. The quantitative estimate of drug-likeness (QED) is 0.710. The number of hydrogen-bond acceptors (Lipinski definition) is 4. The Morgan fingerprint density at radius 3 is 2.18 bits per heavy atom. The first-order valence-electron chi connectivity index (χ1n) is 9.25. The van der Waals surface area contributed by atoms with Gasteiger partial charge in [0.05, 0.1) is 10.6 Å². The fourth-order valence-electron chi connectivity index (χ4n) is 2.99. The molecule has 7 heteroatoms. The molecule has 1 unspecified atom stereocenters.